The highest BCUT2D eigenvalue weighted by Crippen LogP contribution is 2.29. The lowest BCUT2D eigenvalue weighted by Crippen LogP contribution is -2.38. The van der Waals surface area contributed by atoms with Gasteiger partial charge in [0.05, 0.1) is 16.3 Å². The summed E-state index contributed by atoms with van der Waals surface area (Å²) >= 11 is 0. The van der Waals surface area contributed by atoms with Gasteiger partial charge in [0.2, 0.25) is 10.0 Å². The largest absolute Gasteiger partial charge is 0.324 e. The monoisotopic (exact) mass is 635 g/mol. The van der Waals surface area contributed by atoms with Crippen molar-refractivity contribution in [1.29, 1.82) is 0 Å². The van der Waals surface area contributed by atoms with Crippen molar-refractivity contribution in [3.05, 3.63) is 114 Å². The average molecular weight is 636 g/mol. The Bertz CT molecular complexity index is 1950. The summed E-state index contributed by atoms with van der Waals surface area (Å²) in [5.74, 6) is 0.987. The molecule has 1 aliphatic rings. The molecule has 1 aromatic heterocycles. The number of aromatic nitrogens is 2. The van der Waals surface area contributed by atoms with Crippen molar-refractivity contribution < 1.29 is 13.2 Å². The van der Waals surface area contributed by atoms with Crippen LogP contribution in [0.5, 0.6) is 0 Å². The predicted octanol–water partition coefficient (Wildman–Crippen LogP) is 7.92. The number of benzene rings is 4. The Morgan fingerprint density at radius 3 is 2.20 bits per heavy atom. The highest BCUT2D eigenvalue weighted by molar-refractivity contribution is 7.89. The van der Waals surface area contributed by atoms with E-state index in [4.69, 9.17) is 5.10 Å². The van der Waals surface area contributed by atoms with Crippen LogP contribution in [0.4, 0.5) is 16.3 Å². The van der Waals surface area contributed by atoms with Gasteiger partial charge in [0.1, 0.15) is 5.82 Å². The molecule has 0 saturated carbocycles. The summed E-state index contributed by atoms with van der Waals surface area (Å²) < 4.78 is 30.1. The molecule has 0 bridgehead atoms. The number of piperidine rings is 1. The minimum atomic E-state index is -3.53. The first kappa shape index (κ1) is 31.5. The normalized spacial score (nSPS) is 14.8. The van der Waals surface area contributed by atoms with E-state index in [2.05, 4.69) is 31.4 Å². The van der Waals surface area contributed by atoms with Crippen LogP contribution in [0.3, 0.4) is 0 Å². The minimum Gasteiger partial charge on any atom is -0.308 e. The predicted molar refractivity (Wildman–Crippen MR) is 185 cm³/mol. The number of aryl methyl sites for hydroxylation is 1. The van der Waals surface area contributed by atoms with Crippen molar-refractivity contribution in [3.63, 3.8) is 0 Å². The Hall–Kier alpha value is -4.47. The molecule has 2 N–H and O–H groups in total. The standard InChI is InChI=1S/C37H41N5O3S/c1-26-9-16-32(17-10-26)42-35(25-34(40-42)37(2,3)4)39-36(43)38-31-14-11-27(12-15-31)23-28-19-21-41(22-20-28)46(44,45)33-18-13-29-7-5-6-8-30(29)24-33/h5-18,24-25,28H,19-23H2,1-4H3,(H2,38,39,43). The summed E-state index contributed by atoms with van der Waals surface area (Å²) in [6.07, 6.45) is 2.47. The SMILES string of the molecule is Cc1ccc(-n2nc(C(C)(C)C)cc2NC(=O)Nc2ccc(CC3CCN(S(=O)(=O)c4ccc5ccccc5c4)CC3)cc2)cc1. The van der Waals surface area contributed by atoms with Gasteiger partial charge in [0.15, 0.2) is 0 Å². The van der Waals surface area contributed by atoms with E-state index in [-0.39, 0.29) is 11.4 Å². The number of carbonyl (C=O) groups excluding carboxylic acids is 1. The summed E-state index contributed by atoms with van der Waals surface area (Å²) in [5, 5.41) is 12.7. The molecule has 0 atom stereocenters. The molecule has 1 saturated heterocycles. The average Bonchev–Trinajstić information content (AvgIpc) is 3.46. The minimum absolute atomic E-state index is 0.180. The van der Waals surface area contributed by atoms with E-state index in [1.807, 2.05) is 91.9 Å². The maximum Gasteiger partial charge on any atom is 0.324 e. The maximum absolute atomic E-state index is 13.4. The second-order valence-corrected chi connectivity index (χ2v) is 15.2. The van der Waals surface area contributed by atoms with Gasteiger partial charge in [-0.25, -0.2) is 17.9 Å². The van der Waals surface area contributed by atoms with Gasteiger partial charge in [0.25, 0.3) is 0 Å². The van der Waals surface area contributed by atoms with Crippen LogP contribution in [-0.2, 0) is 21.9 Å². The number of hydrogen-bond donors (Lipinski definition) is 2. The van der Waals surface area contributed by atoms with Gasteiger partial charge >= 0.3 is 6.03 Å². The van der Waals surface area contributed by atoms with Crippen molar-refractivity contribution in [2.75, 3.05) is 23.7 Å². The Labute approximate surface area is 271 Å². The van der Waals surface area contributed by atoms with Crippen molar-refractivity contribution in [1.82, 2.24) is 14.1 Å². The van der Waals surface area contributed by atoms with E-state index in [1.54, 1.807) is 21.1 Å². The van der Waals surface area contributed by atoms with Crippen LogP contribution < -0.4 is 10.6 Å². The summed E-state index contributed by atoms with van der Waals surface area (Å²) in [6, 6.07) is 30.6. The van der Waals surface area contributed by atoms with E-state index >= 15 is 0 Å². The van der Waals surface area contributed by atoms with Crippen LogP contribution in [0.1, 0.15) is 50.4 Å². The van der Waals surface area contributed by atoms with Crippen LogP contribution >= 0.6 is 0 Å². The van der Waals surface area contributed by atoms with E-state index in [0.29, 0.717) is 35.4 Å². The van der Waals surface area contributed by atoms with Gasteiger partial charge in [-0.1, -0.05) is 80.9 Å². The number of nitrogens with zero attached hydrogens (tertiary/aromatic N) is 3. The fourth-order valence-electron chi connectivity index (χ4n) is 5.89. The second kappa shape index (κ2) is 12.7. The number of nitrogens with one attached hydrogen (secondary N) is 2. The number of amides is 2. The molecule has 0 radical (unpaired) electrons. The molecule has 2 heterocycles. The zero-order valence-corrected chi connectivity index (χ0v) is 27.6. The van der Waals surface area contributed by atoms with Gasteiger partial charge in [-0.15, -0.1) is 0 Å². The van der Waals surface area contributed by atoms with Gasteiger partial charge in [-0.3, -0.25) is 5.32 Å². The molecule has 2 amide bonds. The smallest absolute Gasteiger partial charge is 0.308 e. The van der Waals surface area contributed by atoms with E-state index in [0.717, 1.165) is 52.5 Å². The summed E-state index contributed by atoms with van der Waals surface area (Å²) in [4.78, 5) is 13.4. The molecular formula is C37H41N5O3S. The molecule has 0 aliphatic carbocycles. The Kier molecular flexibility index (Phi) is 8.72. The molecule has 6 rings (SSSR count). The first-order valence-electron chi connectivity index (χ1n) is 15.8. The first-order chi connectivity index (χ1) is 22.0. The van der Waals surface area contributed by atoms with Crippen LogP contribution in [0.15, 0.2) is 102 Å². The van der Waals surface area contributed by atoms with Crippen molar-refractivity contribution in [2.45, 2.75) is 57.3 Å². The molecule has 1 fully saturated rings. The van der Waals surface area contributed by atoms with Crippen molar-refractivity contribution in [3.8, 4) is 5.69 Å². The van der Waals surface area contributed by atoms with Gasteiger partial charge < -0.3 is 5.32 Å². The molecular weight excluding hydrogens is 595 g/mol. The molecule has 4 aromatic carbocycles. The molecule has 8 nitrogen and oxygen atoms in total. The van der Waals surface area contributed by atoms with Gasteiger partial charge in [-0.05, 0) is 84.8 Å². The second-order valence-electron chi connectivity index (χ2n) is 13.2. The number of hydrogen-bond acceptors (Lipinski definition) is 4. The van der Waals surface area contributed by atoms with Crippen LogP contribution in [-0.4, -0.2) is 41.6 Å². The first-order valence-corrected chi connectivity index (χ1v) is 17.2. The number of urea groups is 1. The highest BCUT2D eigenvalue weighted by atomic mass is 32.2. The van der Waals surface area contributed by atoms with E-state index < -0.39 is 10.0 Å². The summed E-state index contributed by atoms with van der Waals surface area (Å²) in [6.45, 7) is 9.34. The third-order valence-corrected chi connectivity index (χ3v) is 10.6. The third-order valence-electron chi connectivity index (χ3n) is 8.67. The lowest BCUT2D eigenvalue weighted by Gasteiger charge is -2.31. The fraction of sp³-hybridized carbons (Fsp3) is 0.297. The van der Waals surface area contributed by atoms with Gasteiger partial charge in [0, 0.05) is 30.3 Å². The molecule has 0 spiro atoms. The lowest BCUT2D eigenvalue weighted by atomic mass is 9.91. The Morgan fingerprint density at radius 1 is 0.848 bits per heavy atom. The molecule has 0 unspecified atom stereocenters. The van der Waals surface area contributed by atoms with Crippen molar-refractivity contribution in [2.24, 2.45) is 5.92 Å². The highest BCUT2D eigenvalue weighted by Gasteiger charge is 2.29. The number of carbonyl (C=O) groups is 1. The maximum atomic E-state index is 13.4. The molecule has 46 heavy (non-hydrogen) atoms. The Morgan fingerprint density at radius 2 is 1.52 bits per heavy atom. The molecule has 9 heteroatoms. The quantitative estimate of drug-likeness (QED) is 0.190. The fourth-order valence-corrected chi connectivity index (χ4v) is 7.39. The lowest BCUT2D eigenvalue weighted by molar-refractivity contribution is 0.262. The van der Waals surface area contributed by atoms with Crippen LogP contribution in [0.25, 0.3) is 16.5 Å². The number of sulfonamides is 1. The summed E-state index contributed by atoms with van der Waals surface area (Å²) in [7, 11) is -3.53. The molecule has 238 valence electrons. The summed E-state index contributed by atoms with van der Waals surface area (Å²) in [5.41, 5.74) is 4.57. The number of fused-ring (bicyclic) bond motifs is 1. The number of anilines is 2. The molecule has 1 aliphatic heterocycles. The van der Waals surface area contributed by atoms with Crippen LogP contribution in [0.2, 0.25) is 0 Å². The van der Waals surface area contributed by atoms with E-state index in [9.17, 15) is 13.2 Å². The van der Waals surface area contributed by atoms with Crippen molar-refractivity contribution >= 4 is 38.3 Å². The van der Waals surface area contributed by atoms with Crippen LogP contribution in [0, 0.1) is 12.8 Å². The Balaban J connectivity index is 1.05. The molecule has 5 aromatic rings. The van der Waals surface area contributed by atoms with E-state index in [1.165, 1.54) is 0 Å². The van der Waals surface area contributed by atoms with Gasteiger partial charge in [-0.2, -0.15) is 9.40 Å². The zero-order valence-electron chi connectivity index (χ0n) is 26.8. The third kappa shape index (κ3) is 7.00. The number of rotatable bonds is 7. The zero-order chi connectivity index (χ0) is 32.5. The topological polar surface area (TPSA) is 96.3 Å².